The Hall–Kier alpha value is -3.35. The van der Waals surface area contributed by atoms with Crippen molar-refractivity contribution in [3.63, 3.8) is 0 Å². The van der Waals surface area contributed by atoms with E-state index in [2.05, 4.69) is 15.1 Å². The molecule has 3 aromatic heterocycles. The van der Waals surface area contributed by atoms with Gasteiger partial charge in [-0.3, -0.25) is 9.55 Å². The van der Waals surface area contributed by atoms with Gasteiger partial charge in [-0.1, -0.05) is 11.2 Å². The van der Waals surface area contributed by atoms with Crippen LogP contribution in [-0.4, -0.2) is 26.3 Å². The Morgan fingerprint density at radius 3 is 2.85 bits per heavy atom. The summed E-state index contributed by atoms with van der Waals surface area (Å²) in [5.74, 6) is 1.39. The maximum atomic E-state index is 12.7. The molecule has 0 aliphatic carbocycles. The topological polar surface area (TPSA) is 85.9 Å². The average Bonchev–Trinajstić information content (AvgIpc) is 3.17. The van der Waals surface area contributed by atoms with Crippen LogP contribution >= 0.6 is 0 Å². The standard InChI is InChI=1S/C19H16N4O3/c1-10-16(11(2)26-22-10)12-6-7-14-17-18(12)25-9-15(23(17)19(24)21-14)13-5-3-4-8-20-13/h3-8,15H,9H2,1-2H3,(H,21,24)/t15-/m0/s1. The quantitative estimate of drug-likeness (QED) is 0.602. The van der Waals surface area contributed by atoms with Gasteiger partial charge in [0.2, 0.25) is 0 Å². The summed E-state index contributed by atoms with van der Waals surface area (Å²) in [6, 6.07) is 9.22. The van der Waals surface area contributed by atoms with Gasteiger partial charge in [0.05, 0.1) is 22.5 Å². The maximum Gasteiger partial charge on any atom is 0.327 e. The first kappa shape index (κ1) is 14.9. The van der Waals surface area contributed by atoms with Crippen LogP contribution in [0, 0.1) is 13.8 Å². The highest BCUT2D eigenvalue weighted by Gasteiger charge is 2.30. The number of imidazole rings is 1. The molecule has 0 unspecified atom stereocenters. The lowest BCUT2D eigenvalue weighted by molar-refractivity contribution is 0.255. The second-order valence-electron chi connectivity index (χ2n) is 6.42. The first-order valence-electron chi connectivity index (χ1n) is 8.39. The minimum absolute atomic E-state index is 0.170. The molecule has 1 atom stereocenters. The predicted molar refractivity (Wildman–Crippen MR) is 95.4 cm³/mol. The number of hydrogen-bond donors (Lipinski definition) is 1. The van der Waals surface area contributed by atoms with E-state index in [4.69, 9.17) is 9.26 Å². The SMILES string of the molecule is Cc1noc(C)c1-c1ccc2[nH]c(=O)n3c2c1OC[C@H]3c1ccccn1. The number of rotatable bonds is 2. The molecule has 0 saturated carbocycles. The van der Waals surface area contributed by atoms with Gasteiger partial charge in [-0.05, 0) is 38.1 Å². The Morgan fingerprint density at radius 2 is 2.12 bits per heavy atom. The van der Waals surface area contributed by atoms with Crippen LogP contribution in [0.5, 0.6) is 5.75 Å². The third-order valence-electron chi connectivity index (χ3n) is 4.86. The van der Waals surface area contributed by atoms with Crippen LogP contribution in [0.2, 0.25) is 0 Å². The number of aryl methyl sites for hydroxylation is 2. The van der Waals surface area contributed by atoms with Crippen LogP contribution in [-0.2, 0) is 0 Å². The minimum Gasteiger partial charge on any atom is -0.488 e. The van der Waals surface area contributed by atoms with Gasteiger partial charge in [-0.2, -0.15) is 0 Å². The molecule has 26 heavy (non-hydrogen) atoms. The molecule has 0 spiro atoms. The zero-order chi connectivity index (χ0) is 17.8. The van der Waals surface area contributed by atoms with Crippen molar-refractivity contribution in [1.29, 1.82) is 0 Å². The monoisotopic (exact) mass is 348 g/mol. The number of pyridine rings is 1. The van der Waals surface area contributed by atoms with Crippen molar-refractivity contribution in [2.75, 3.05) is 6.61 Å². The smallest absolute Gasteiger partial charge is 0.327 e. The number of aromatic nitrogens is 4. The van der Waals surface area contributed by atoms with Crippen LogP contribution in [0.15, 0.2) is 45.8 Å². The summed E-state index contributed by atoms with van der Waals surface area (Å²) in [6.45, 7) is 4.10. The third kappa shape index (κ3) is 1.97. The van der Waals surface area contributed by atoms with Gasteiger partial charge < -0.3 is 14.2 Å². The van der Waals surface area contributed by atoms with Crippen LogP contribution in [0.4, 0.5) is 0 Å². The Labute approximate surface area is 148 Å². The van der Waals surface area contributed by atoms with Crippen molar-refractivity contribution < 1.29 is 9.26 Å². The lowest BCUT2D eigenvalue weighted by Gasteiger charge is -2.26. The van der Waals surface area contributed by atoms with Gasteiger partial charge in [0.1, 0.15) is 23.9 Å². The molecule has 4 heterocycles. The second-order valence-corrected chi connectivity index (χ2v) is 6.42. The molecule has 5 rings (SSSR count). The van der Waals surface area contributed by atoms with E-state index in [0.717, 1.165) is 39.3 Å². The molecule has 0 fully saturated rings. The number of nitrogens with one attached hydrogen (secondary N) is 1. The molecular formula is C19H16N4O3. The molecule has 1 aliphatic rings. The molecule has 7 nitrogen and oxygen atoms in total. The number of H-pyrrole nitrogens is 1. The highest BCUT2D eigenvalue weighted by atomic mass is 16.5. The molecule has 0 bridgehead atoms. The number of aromatic amines is 1. The van der Waals surface area contributed by atoms with Gasteiger partial charge in [0.15, 0.2) is 5.75 Å². The van der Waals surface area contributed by atoms with Crippen LogP contribution < -0.4 is 10.4 Å². The van der Waals surface area contributed by atoms with E-state index in [0.29, 0.717) is 12.4 Å². The van der Waals surface area contributed by atoms with Crippen LogP contribution in [0.25, 0.3) is 22.2 Å². The molecule has 1 aromatic carbocycles. The fraction of sp³-hybridized carbons (Fsp3) is 0.211. The van der Waals surface area contributed by atoms with E-state index in [1.165, 1.54) is 0 Å². The summed E-state index contributed by atoms with van der Waals surface area (Å²) in [7, 11) is 0. The molecule has 0 saturated heterocycles. The summed E-state index contributed by atoms with van der Waals surface area (Å²) in [5, 5.41) is 4.04. The molecule has 0 amide bonds. The number of nitrogens with zero attached hydrogens (tertiary/aromatic N) is 3. The highest BCUT2D eigenvalue weighted by molar-refractivity contribution is 5.92. The zero-order valence-corrected chi connectivity index (χ0v) is 14.3. The molecular weight excluding hydrogens is 332 g/mol. The minimum atomic E-state index is -0.273. The molecule has 4 aromatic rings. The molecule has 0 radical (unpaired) electrons. The summed E-state index contributed by atoms with van der Waals surface area (Å²) in [5.41, 5.74) is 4.67. The summed E-state index contributed by atoms with van der Waals surface area (Å²) >= 11 is 0. The van der Waals surface area contributed by atoms with E-state index in [-0.39, 0.29) is 11.7 Å². The molecule has 1 N–H and O–H groups in total. The molecule has 7 heteroatoms. The fourth-order valence-electron chi connectivity index (χ4n) is 3.72. The Kier molecular flexibility index (Phi) is 3.06. The summed E-state index contributed by atoms with van der Waals surface area (Å²) in [6.07, 6.45) is 1.72. The van der Waals surface area contributed by atoms with Gasteiger partial charge >= 0.3 is 5.69 Å². The summed E-state index contributed by atoms with van der Waals surface area (Å²) < 4.78 is 13.2. The van der Waals surface area contributed by atoms with E-state index in [1.807, 2.05) is 44.2 Å². The van der Waals surface area contributed by atoms with Crippen molar-refractivity contribution >= 4 is 11.0 Å². The van der Waals surface area contributed by atoms with E-state index >= 15 is 0 Å². The largest absolute Gasteiger partial charge is 0.488 e. The van der Waals surface area contributed by atoms with Crippen molar-refractivity contribution in [2.24, 2.45) is 0 Å². The first-order chi connectivity index (χ1) is 12.6. The molecule has 130 valence electrons. The van der Waals surface area contributed by atoms with Gasteiger partial charge in [-0.25, -0.2) is 4.79 Å². The Balaban J connectivity index is 1.81. The first-order valence-corrected chi connectivity index (χ1v) is 8.39. The fourth-order valence-corrected chi connectivity index (χ4v) is 3.72. The number of hydrogen-bond acceptors (Lipinski definition) is 5. The van der Waals surface area contributed by atoms with E-state index in [1.54, 1.807) is 10.8 Å². The van der Waals surface area contributed by atoms with Crippen molar-refractivity contribution in [2.45, 2.75) is 19.9 Å². The van der Waals surface area contributed by atoms with Crippen LogP contribution in [0.1, 0.15) is 23.2 Å². The lowest BCUT2D eigenvalue weighted by Crippen LogP contribution is -2.31. The van der Waals surface area contributed by atoms with Gasteiger partial charge in [0, 0.05) is 11.8 Å². The van der Waals surface area contributed by atoms with Crippen LogP contribution in [0.3, 0.4) is 0 Å². The van der Waals surface area contributed by atoms with Crippen molar-refractivity contribution in [1.82, 2.24) is 19.7 Å². The van der Waals surface area contributed by atoms with Crippen molar-refractivity contribution in [3.05, 3.63) is 64.2 Å². The van der Waals surface area contributed by atoms with E-state index in [9.17, 15) is 4.79 Å². The Bertz CT molecular complexity index is 1170. The lowest BCUT2D eigenvalue weighted by atomic mass is 10.0. The highest BCUT2D eigenvalue weighted by Crippen LogP contribution is 2.42. The normalized spacial score (nSPS) is 16.0. The maximum absolute atomic E-state index is 12.7. The predicted octanol–water partition coefficient (Wildman–Crippen LogP) is 2.98. The average molecular weight is 348 g/mol. The van der Waals surface area contributed by atoms with Gasteiger partial charge in [0.25, 0.3) is 0 Å². The van der Waals surface area contributed by atoms with E-state index < -0.39 is 0 Å². The van der Waals surface area contributed by atoms with Crippen molar-refractivity contribution in [3.8, 4) is 16.9 Å². The zero-order valence-electron chi connectivity index (χ0n) is 14.3. The molecule has 1 aliphatic heterocycles. The summed E-state index contributed by atoms with van der Waals surface area (Å²) in [4.78, 5) is 20.0. The number of ether oxygens (including phenoxy) is 1. The number of benzene rings is 1. The Morgan fingerprint density at radius 1 is 1.23 bits per heavy atom. The van der Waals surface area contributed by atoms with Gasteiger partial charge in [-0.15, -0.1) is 0 Å². The second kappa shape index (κ2) is 5.32. The third-order valence-corrected chi connectivity index (χ3v) is 4.86.